The van der Waals surface area contributed by atoms with Crippen molar-refractivity contribution in [3.8, 4) is 0 Å². The summed E-state index contributed by atoms with van der Waals surface area (Å²) in [5.41, 5.74) is 3.74. The fourth-order valence-electron chi connectivity index (χ4n) is 3.44. The molecule has 0 saturated carbocycles. The Kier molecular flexibility index (Phi) is 6.95. The fourth-order valence-corrected chi connectivity index (χ4v) is 4.38. The first-order valence-electron chi connectivity index (χ1n) is 11.0. The van der Waals surface area contributed by atoms with E-state index in [0.717, 1.165) is 30.9 Å². The van der Waals surface area contributed by atoms with Crippen LogP contribution in [0.2, 0.25) is 0 Å². The molecule has 0 radical (unpaired) electrons. The molecule has 0 bridgehead atoms. The zero-order valence-corrected chi connectivity index (χ0v) is 20.3. The van der Waals surface area contributed by atoms with E-state index < -0.39 is 18.6 Å². The fraction of sp³-hybridized carbons (Fsp3) is 0.391. The number of aromatic nitrogens is 3. The summed E-state index contributed by atoms with van der Waals surface area (Å²) in [6.45, 7) is 6.30. The van der Waals surface area contributed by atoms with Gasteiger partial charge in [0.25, 0.3) is 5.91 Å². The topological polar surface area (TPSA) is 104 Å². The van der Waals surface area contributed by atoms with Gasteiger partial charge in [0, 0.05) is 29.2 Å². The van der Waals surface area contributed by atoms with Crippen molar-refractivity contribution in [2.75, 3.05) is 23.7 Å². The number of nitrogens with one attached hydrogen (secondary N) is 4. The Morgan fingerprint density at radius 1 is 1.14 bits per heavy atom. The van der Waals surface area contributed by atoms with Crippen LogP contribution in [0.3, 0.4) is 0 Å². The normalized spacial score (nSPS) is 13.8. The maximum Gasteiger partial charge on any atom is 0.405 e. The lowest BCUT2D eigenvalue weighted by Gasteiger charge is -2.18. The number of alkyl halides is 3. The smallest absolute Gasteiger partial charge is 0.343 e. The summed E-state index contributed by atoms with van der Waals surface area (Å²) in [6.07, 6.45) is -2.44. The molecule has 1 amide bonds. The van der Waals surface area contributed by atoms with Gasteiger partial charge in [0.1, 0.15) is 12.1 Å². The van der Waals surface area contributed by atoms with Crippen LogP contribution in [-0.4, -0.2) is 40.1 Å². The molecule has 0 aliphatic carbocycles. The molecule has 4 N–H and O–H groups in total. The highest BCUT2D eigenvalue weighted by molar-refractivity contribution is 7.13. The molecule has 3 aromatic rings. The molecule has 35 heavy (non-hydrogen) atoms. The van der Waals surface area contributed by atoms with E-state index in [1.165, 1.54) is 28.7 Å². The molecule has 12 heteroatoms. The summed E-state index contributed by atoms with van der Waals surface area (Å²) in [6, 6.07) is 5.95. The van der Waals surface area contributed by atoms with Crippen LogP contribution >= 0.6 is 11.3 Å². The second kappa shape index (κ2) is 9.78. The van der Waals surface area contributed by atoms with Gasteiger partial charge in [0.2, 0.25) is 5.95 Å². The van der Waals surface area contributed by atoms with Crippen molar-refractivity contribution in [1.82, 2.24) is 25.6 Å². The summed E-state index contributed by atoms with van der Waals surface area (Å²) in [4.78, 5) is 25.6. The predicted molar refractivity (Wildman–Crippen MR) is 130 cm³/mol. The van der Waals surface area contributed by atoms with Crippen molar-refractivity contribution in [2.45, 2.75) is 45.3 Å². The highest BCUT2D eigenvalue weighted by Gasteiger charge is 2.29. The van der Waals surface area contributed by atoms with Crippen LogP contribution in [0.25, 0.3) is 0 Å². The second-order valence-corrected chi connectivity index (χ2v) is 10.1. The number of thiazole rings is 1. The average molecular weight is 506 g/mol. The van der Waals surface area contributed by atoms with E-state index in [4.69, 9.17) is 0 Å². The minimum atomic E-state index is -4.54. The van der Waals surface area contributed by atoms with Crippen molar-refractivity contribution in [3.05, 3.63) is 52.2 Å². The summed E-state index contributed by atoms with van der Waals surface area (Å²) >= 11 is 1.31. The van der Waals surface area contributed by atoms with Gasteiger partial charge < -0.3 is 21.3 Å². The quantitative estimate of drug-likeness (QED) is 0.386. The third-order valence-electron chi connectivity index (χ3n) is 5.33. The highest BCUT2D eigenvalue weighted by Crippen LogP contribution is 2.29. The van der Waals surface area contributed by atoms with E-state index in [1.54, 1.807) is 0 Å². The Balaban J connectivity index is 1.61. The van der Waals surface area contributed by atoms with Crippen LogP contribution in [0, 0.1) is 0 Å². The molecule has 4 rings (SSSR count). The van der Waals surface area contributed by atoms with E-state index >= 15 is 0 Å². The second-order valence-electron chi connectivity index (χ2n) is 9.20. The molecule has 1 aliphatic rings. The van der Waals surface area contributed by atoms with E-state index in [-0.39, 0.29) is 22.7 Å². The molecule has 0 fully saturated rings. The van der Waals surface area contributed by atoms with Crippen LogP contribution in [0.5, 0.6) is 0 Å². The number of carbonyl (C=O) groups excluding carboxylic acids is 1. The summed E-state index contributed by atoms with van der Waals surface area (Å²) < 4.78 is 37.9. The minimum Gasteiger partial charge on any atom is -0.343 e. The summed E-state index contributed by atoms with van der Waals surface area (Å²) in [7, 11) is 0. The molecule has 0 atom stereocenters. The van der Waals surface area contributed by atoms with E-state index in [9.17, 15) is 18.0 Å². The van der Waals surface area contributed by atoms with Gasteiger partial charge in [0.15, 0.2) is 10.9 Å². The molecule has 0 unspecified atom stereocenters. The molecule has 2 aromatic heterocycles. The van der Waals surface area contributed by atoms with Crippen LogP contribution in [0.4, 0.5) is 35.8 Å². The van der Waals surface area contributed by atoms with Gasteiger partial charge in [-0.3, -0.25) is 4.79 Å². The Morgan fingerprint density at radius 2 is 1.94 bits per heavy atom. The minimum absolute atomic E-state index is 0.0548. The lowest BCUT2D eigenvalue weighted by molar-refractivity contribution is -0.123. The number of anilines is 4. The van der Waals surface area contributed by atoms with Crippen molar-refractivity contribution < 1.29 is 18.0 Å². The number of hydrogen-bond acceptors (Lipinski definition) is 8. The average Bonchev–Trinajstić information content (AvgIpc) is 3.26. The number of benzene rings is 1. The number of hydrogen-bond donors (Lipinski definition) is 4. The number of amides is 1. The number of nitrogens with zero attached hydrogens (tertiary/aromatic N) is 3. The van der Waals surface area contributed by atoms with Crippen LogP contribution in [-0.2, 0) is 18.4 Å². The summed E-state index contributed by atoms with van der Waals surface area (Å²) in [5.74, 6) is -0.689. The van der Waals surface area contributed by atoms with Crippen molar-refractivity contribution in [2.24, 2.45) is 0 Å². The van der Waals surface area contributed by atoms with Gasteiger partial charge in [0.05, 0.1) is 5.69 Å². The Bertz CT molecular complexity index is 1220. The van der Waals surface area contributed by atoms with Crippen LogP contribution in [0.15, 0.2) is 29.8 Å². The molecule has 3 heterocycles. The van der Waals surface area contributed by atoms with Gasteiger partial charge in [-0.1, -0.05) is 26.8 Å². The molecule has 1 aliphatic heterocycles. The van der Waals surface area contributed by atoms with Crippen LogP contribution in [0.1, 0.15) is 48.0 Å². The number of halogens is 3. The highest BCUT2D eigenvalue weighted by atomic mass is 32.1. The van der Waals surface area contributed by atoms with Crippen molar-refractivity contribution in [3.63, 3.8) is 0 Å². The Hall–Kier alpha value is -3.25. The number of fused-ring (bicyclic) bond motifs is 1. The summed E-state index contributed by atoms with van der Waals surface area (Å²) in [5, 5.41) is 13.6. The lowest BCUT2D eigenvalue weighted by Crippen LogP contribution is -2.34. The Morgan fingerprint density at radius 3 is 2.66 bits per heavy atom. The van der Waals surface area contributed by atoms with E-state index in [0.29, 0.717) is 5.13 Å². The Labute approximate surface area is 204 Å². The first kappa shape index (κ1) is 24.9. The number of rotatable bonds is 6. The molecule has 8 nitrogen and oxygen atoms in total. The number of carbonyl (C=O) groups is 1. The molecule has 0 saturated heterocycles. The molecule has 186 valence electrons. The maximum absolute atomic E-state index is 12.6. The van der Waals surface area contributed by atoms with Crippen molar-refractivity contribution >= 4 is 39.8 Å². The lowest BCUT2D eigenvalue weighted by atomic mass is 9.93. The maximum atomic E-state index is 12.6. The van der Waals surface area contributed by atoms with Gasteiger partial charge in [-0.15, -0.1) is 11.3 Å². The van der Waals surface area contributed by atoms with Crippen molar-refractivity contribution in [1.29, 1.82) is 0 Å². The van der Waals surface area contributed by atoms with E-state index in [2.05, 4.69) is 30.9 Å². The SMILES string of the molecule is CC(C)(C)c1csc(Nc2nc(Nc3ccc4c(c3)CCNC4)ncc2C(=O)NCC(F)(F)F)n1. The molecule has 1 aromatic carbocycles. The van der Waals surface area contributed by atoms with E-state index in [1.807, 2.05) is 49.7 Å². The molecular weight excluding hydrogens is 479 g/mol. The van der Waals surface area contributed by atoms with Gasteiger partial charge in [-0.2, -0.15) is 18.2 Å². The van der Waals surface area contributed by atoms with Gasteiger partial charge >= 0.3 is 6.18 Å². The molecule has 0 spiro atoms. The molecular formula is C23H26F3N7OS. The third kappa shape index (κ3) is 6.45. The van der Waals surface area contributed by atoms with Crippen LogP contribution < -0.4 is 21.3 Å². The largest absolute Gasteiger partial charge is 0.405 e. The van der Waals surface area contributed by atoms with Gasteiger partial charge in [-0.05, 0) is 36.2 Å². The zero-order chi connectivity index (χ0) is 25.2. The van der Waals surface area contributed by atoms with Gasteiger partial charge in [-0.25, -0.2) is 9.97 Å². The first-order valence-corrected chi connectivity index (χ1v) is 11.9. The standard InChI is InChI=1S/C23H26F3N7OS/c1-22(2,3)17-11-35-21(31-17)33-18-16(19(34)29-12-23(24,25)26)10-28-20(32-18)30-15-5-4-14-9-27-7-6-13(14)8-15/h4-5,8,10-11,27H,6-7,9,12H2,1-3H3,(H,29,34)(H2,28,30,31,32,33). The predicted octanol–water partition coefficient (Wildman–Crippen LogP) is 4.66. The first-order chi connectivity index (χ1) is 16.5. The monoisotopic (exact) mass is 505 g/mol. The third-order valence-corrected chi connectivity index (χ3v) is 6.09. The zero-order valence-electron chi connectivity index (χ0n) is 19.5.